The number of aryl methyl sites for hydroxylation is 1. The van der Waals surface area contributed by atoms with Crippen LogP contribution in [0.5, 0.6) is 0 Å². The van der Waals surface area contributed by atoms with Gasteiger partial charge >= 0.3 is 0 Å². The molecule has 0 bridgehead atoms. The summed E-state index contributed by atoms with van der Waals surface area (Å²) in [6.45, 7) is 3.97. The lowest BCUT2D eigenvalue weighted by Gasteiger charge is -2.40. The first-order chi connectivity index (χ1) is 9.00. The largest absolute Gasteiger partial charge is 0.340 e. The van der Waals surface area contributed by atoms with E-state index >= 15 is 0 Å². The van der Waals surface area contributed by atoms with E-state index in [-0.39, 0.29) is 24.3 Å². The Labute approximate surface area is 112 Å². The van der Waals surface area contributed by atoms with Crippen molar-refractivity contribution in [3.63, 3.8) is 0 Å². The Morgan fingerprint density at radius 1 is 1.21 bits per heavy atom. The van der Waals surface area contributed by atoms with Gasteiger partial charge in [-0.25, -0.2) is 0 Å². The van der Waals surface area contributed by atoms with E-state index in [1.165, 1.54) is 0 Å². The Morgan fingerprint density at radius 2 is 1.84 bits per heavy atom. The average molecular weight is 258 g/mol. The summed E-state index contributed by atoms with van der Waals surface area (Å²) in [4.78, 5) is 26.2. The van der Waals surface area contributed by atoms with Crippen LogP contribution in [0.25, 0.3) is 0 Å². The molecule has 0 aromatic heterocycles. The molecule has 1 aromatic rings. The van der Waals surface area contributed by atoms with Crippen molar-refractivity contribution in [2.24, 2.45) is 5.92 Å². The number of piperazine rings is 1. The van der Waals surface area contributed by atoms with Gasteiger partial charge in [0.05, 0.1) is 0 Å². The number of nitrogens with one attached hydrogen (secondary N) is 1. The van der Waals surface area contributed by atoms with Gasteiger partial charge < -0.3 is 10.2 Å². The third-order valence-electron chi connectivity index (χ3n) is 4.13. The third-order valence-corrected chi connectivity index (χ3v) is 4.13. The maximum absolute atomic E-state index is 12.7. The van der Waals surface area contributed by atoms with Gasteiger partial charge in [0, 0.05) is 5.69 Å². The van der Waals surface area contributed by atoms with E-state index in [9.17, 15) is 9.59 Å². The fraction of sp³-hybridized carbons (Fsp3) is 0.467. The summed E-state index contributed by atoms with van der Waals surface area (Å²) >= 11 is 0. The van der Waals surface area contributed by atoms with Gasteiger partial charge in [0.2, 0.25) is 5.91 Å². The first kappa shape index (κ1) is 12.2. The van der Waals surface area contributed by atoms with Gasteiger partial charge in [-0.3, -0.25) is 9.59 Å². The Hall–Kier alpha value is -1.84. The minimum Gasteiger partial charge on any atom is -0.340 e. The third kappa shape index (κ3) is 2.01. The second-order valence-electron chi connectivity index (χ2n) is 5.75. The standard InChI is InChI=1S/C15H18N2O2/c1-10-3-7-12(8-4-10)17-9-13(18)16-15(2,14(17)19)11-5-6-11/h3-4,7-8,11H,5-6,9H2,1-2H3,(H,16,18). The van der Waals surface area contributed by atoms with Crippen LogP contribution in [-0.4, -0.2) is 23.9 Å². The number of benzene rings is 1. The molecule has 1 aliphatic heterocycles. The van der Waals surface area contributed by atoms with Crippen molar-refractivity contribution in [1.82, 2.24) is 5.32 Å². The molecule has 1 aliphatic carbocycles. The fourth-order valence-corrected chi connectivity index (χ4v) is 2.75. The highest BCUT2D eigenvalue weighted by Gasteiger charge is 2.52. The average Bonchev–Trinajstić information content (AvgIpc) is 3.19. The number of hydrogen-bond acceptors (Lipinski definition) is 2. The predicted molar refractivity (Wildman–Crippen MR) is 72.8 cm³/mol. The molecule has 1 saturated heterocycles. The van der Waals surface area contributed by atoms with Gasteiger partial charge in [-0.05, 0) is 44.7 Å². The lowest BCUT2D eigenvalue weighted by Crippen LogP contribution is -2.66. The number of amides is 2. The van der Waals surface area contributed by atoms with E-state index in [0.29, 0.717) is 0 Å². The molecule has 0 radical (unpaired) electrons. The van der Waals surface area contributed by atoms with Crippen LogP contribution in [0.2, 0.25) is 0 Å². The monoisotopic (exact) mass is 258 g/mol. The minimum absolute atomic E-state index is 0.0125. The van der Waals surface area contributed by atoms with Gasteiger partial charge in [0.1, 0.15) is 12.1 Å². The molecule has 4 nitrogen and oxygen atoms in total. The van der Waals surface area contributed by atoms with Crippen LogP contribution in [0, 0.1) is 12.8 Å². The second-order valence-corrected chi connectivity index (χ2v) is 5.75. The first-order valence-electron chi connectivity index (χ1n) is 6.70. The topological polar surface area (TPSA) is 49.4 Å². The summed E-state index contributed by atoms with van der Waals surface area (Å²) in [5.41, 5.74) is 1.22. The molecule has 1 atom stereocenters. The molecule has 1 heterocycles. The molecule has 1 saturated carbocycles. The lowest BCUT2D eigenvalue weighted by molar-refractivity contribution is -0.136. The fourth-order valence-electron chi connectivity index (χ4n) is 2.75. The van der Waals surface area contributed by atoms with Crippen molar-refractivity contribution in [2.75, 3.05) is 11.4 Å². The van der Waals surface area contributed by atoms with E-state index in [4.69, 9.17) is 0 Å². The normalized spacial score (nSPS) is 27.4. The predicted octanol–water partition coefficient (Wildman–Crippen LogP) is 1.63. The van der Waals surface area contributed by atoms with Crippen LogP contribution in [0.15, 0.2) is 24.3 Å². The Kier molecular flexibility index (Phi) is 2.62. The highest BCUT2D eigenvalue weighted by Crippen LogP contribution is 2.42. The molecule has 1 unspecified atom stereocenters. The summed E-state index contributed by atoms with van der Waals surface area (Å²) in [7, 11) is 0. The van der Waals surface area contributed by atoms with E-state index < -0.39 is 5.54 Å². The molecule has 2 amide bonds. The molecule has 19 heavy (non-hydrogen) atoms. The van der Waals surface area contributed by atoms with Crippen molar-refractivity contribution < 1.29 is 9.59 Å². The summed E-state index contributed by atoms with van der Waals surface area (Å²) in [5, 5.41) is 2.89. The Balaban J connectivity index is 1.94. The van der Waals surface area contributed by atoms with Crippen LogP contribution >= 0.6 is 0 Å². The molecule has 2 fully saturated rings. The molecular formula is C15H18N2O2. The summed E-state index contributed by atoms with van der Waals surface area (Å²) in [6.07, 6.45) is 2.04. The van der Waals surface area contributed by atoms with Gasteiger partial charge in [0.15, 0.2) is 0 Å². The number of hydrogen-bond donors (Lipinski definition) is 1. The molecule has 1 N–H and O–H groups in total. The van der Waals surface area contributed by atoms with Crippen molar-refractivity contribution in [3.8, 4) is 0 Å². The molecule has 2 aliphatic rings. The zero-order chi connectivity index (χ0) is 13.6. The van der Waals surface area contributed by atoms with Gasteiger partial charge in [-0.1, -0.05) is 17.7 Å². The minimum atomic E-state index is -0.722. The van der Waals surface area contributed by atoms with Crippen molar-refractivity contribution >= 4 is 17.5 Å². The van der Waals surface area contributed by atoms with Gasteiger partial charge in [-0.2, -0.15) is 0 Å². The van der Waals surface area contributed by atoms with E-state index in [1.807, 2.05) is 38.1 Å². The van der Waals surface area contributed by atoms with Crippen molar-refractivity contribution in [1.29, 1.82) is 0 Å². The zero-order valence-electron chi connectivity index (χ0n) is 11.3. The lowest BCUT2D eigenvalue weighted by atomic mass is 9.91. The number of anilines is 1. The van der Waals surface area contributed by atoms with Crippen LogP contribution in [0.1, 0.15) is 25.3 Å². The summed E-state index contributed by atoms with van der Waals surface area (Å²) in [6, 6.07) is 7.73. The smallest absolute Gasteiger partial charge is 0.253 e. The van der Waals surface area contributed by atoms with Gasteiger partial charge in [0.25, 0.3) is 5.91 Å². The maximum atomic E-state index is 12.7. The van der Waals surface area contributed by atoms with E-state index in [1.54, 1.807) is 4.90 Å². The number of carbonyl (C=O) groups excluding carboxylic acids is 2. The SMILES string of the molecule is Cc1ccc(N2CC(=O)NC(C)(C3CC3)C2=O)cc1. The van der Waals surface area contributed by atoms with Crippen LogP contribution < -0.4 is 10.2 Å². The highest BCUT2D eigenvalue weighted by molar-refractivity contribution is 6.09. The van der Waals surface area contributed by atoms with Crippen LogP contribution in [0.3, 0.4) is 0 Å². The molecule has 100 valence electrons. The zero-order valence-corrected chi connectivity index (χ0v) is 11.3. The second kappa shape index (κ2) is 4.08. The highest BCUT2D eigenvalue weighted by atomic mass is 16.2. The van der Waals surface area contributed by atoms with Gasteiger partial charge in [-0.15, -0.1) is 0 Å². The molecule has 0 spiro atoms. The van der Waals surface area contributed by atoms with Crippen molar-refractivity contribution in [2.45, 2.75) is 32.2 Å². The molecule has 3 rings (SSSR count). The van der Waals surface area contributed by atoms with Crippen molar-refractivity contribution in [3.05, 3.63) is 29.8 Å². The maximum Gasteiger partial charge on any atom is 0.253 e. The summed E-state index contributed by atoms with van der Waals surface area (Å²) < 4.78 is 0. The van der Waals surface area contributed by atoms with Crippen LogP contribution in [0.4, 0.5) is 5.69 Å². The number of rotatable bonds is 2. The molecule has 1 aromatic carbocycles. The Bertz CT molecular complexity index is 534. The van der Waals surface area contributed by atoms with E-state index in [2.05, 4.69) is 5.32 Å². The van der Waals surface area contributed by atoms with Crippen LogP contribution in [-0.2, 0) is 9.59 Å². The number of carbonyl (C=O) groups is 2. The first-order valence-corrected chi connectivity index (χ1v) is 6.70. The number of nitrogens with zero attached hydrogens (tertiary/aromatic N) is 1. The molecule has 4 heteroatoms. The quantitative estimate of drug-likeness (QED) is 0.876. The molecular weight excluding hydrogens is 240 g/mol. The van der Waals surface area contributed by atoms with E-state index in [0.717, 1.165) is 24.1 Å². The Morgan fingerprint density at radius 3 is 2.42 bits per heavy atom. The summed E-state index contributed by atoms with van der Waals surface area (Å²) in [5.74, 6) is 0.227.